The monoisotopic (exact) mass is 281 g/mol. The number of aryl methyl sites for hydroxylation is 2. The number of benzene rings is 2. The molecule has 4 rings (SSSR count). The van der Waals surface area contributed by atoms with E-state index in [-0.39, 0.29) is 0 Å². The predicted molar refractivity (Wildman–Crippen MR) is 82.7 cm³/mol. The van der Waals surface area contributed by atoms with Gasteiger partial charge in [0.05, 0.1) is 27.1 Å². The molecule has 20 heavy (non-hydrogen) atoms. The minimum atomic E-state index is -1.03. The van der Waals surface area contributed by atoms with Crippen LogP contribution in [0.2, 0.25) is 0 Å². The van der Waals surface area contributed by atoms with Crippen molar-refractivity contribution >= 4 is 22.2 Å². The van der Waals surface area contributed by atoms with Crippen molar-refractivity contribution in [3.8, 4) is 0 Å². The van der Waals surface area contributed by atoms with Gasteiger partial charge in [0.2, 0.25) is 0 Å². The Labute approximate surface area is 121 Å². The van der Waals surface area contributed by atoms with E-state index < -0.39 is 10.8 Å². The molecule has 0 bridgehead atoms. The second-order valence-corrected chi connectivity index (χ2v) is 6.69. The van der Waals surface area contributed by atoms with Gasteiger partial charge in [0, 0.05) is 17.5 Å². The van der Waals surface area contributed by atoms with Crippen LogP contribution in [-0.4, -0.2) is 4.21 Å². The lowest BCUT2D eigenvalue weighted by atomic mass is 10.1. The van der Waals surface area contributed by atoms with Crippen molar-refractivity contribution in [2.75, 3.05) is 4.90 Å². The van der Waals surface area contributed by atoms with E-state index in [4.69, 9.17) is 0 Å². The molecular weight excluding hydrogens is 266 g/mol. The van der Waals surface area contributed by atoms with E-state index in [2.05, 4.69) is 43.0 Å². The summed E-state index contributed by atoms with van der Waals surface area (Å²) in [6.45, 7) is 4.24. The second-order valence-electron chi connectivity index (χ2n) is 5.42. The number of allylic oxidation sites excluding steroid dienone is 1. The highest BCUT2D eigenvalue weighted by Gasteiger charge is 2.33. The quantitative estimate of drug-likeness (QED) is 0.728. The molecule has 2 nitrogen and oxygen atoms in total. The number of para-hydroxylation sites is 2. The summed E-state index contributed by atoms with van der Waals surface area (Å²) in [7, 11) is -1.03. The molecule has 3 heteroatoms. The first kappa shape index (κ1) is 11.9. The fraction of sp³-hybridized carbons (Fsp3) is 0.176. The number of fused-ring (bicyclic) bond motifs is 5. The zero-order valence-corrected chi connectivity index (χ0v) is 12.3. The summed E-state index contributed by atoms with van der Waals surface area (Å²) in [5, 5.41) is 1.90. The molecule has 0 amide bonds. The van der Waals surface area contributed by atoms with Crippen molar-refractivity contribution in [3.63, 3.8) is 0 Å². The highest BCUT2D eigenvalue weighted by atomic mass is 32.2. The van der Waals surface area contributed by atoms with Crippen LogP contribution in [-0.2, 0) is 17.2 Å². The predicted octanol–water partition coefficient (Wildman–Crippen LogP) is 3.96. The molecule has 0 saturated heterocycles. The van der Waals surface area contributed by atoms with Gasteiger partial charge in [-0.3, -0.25) is 0 Å². The van der Waals surface area contributed by atoms with E-state index in [9.17, 15) is 4.21 Å². The van der Waals surface area contributed by atoms with Crippen molar-refractivity contribution in [1.29, 1.82) is 0 Å². The first-order chi connectivity index (χ1) is 9.66. The molecule has 0 saturated carbocycles. The summed E-state index contributed by atoms with van der Waals surface area (Å²) in [5.41, 5.74) is 7.30. The van der Waals surface area contributed by atoms with E-state index in [0.717, 1.165) is 22.7 Å². The van der Waals surface area contributed by atoms with Gasteiger partial charge in [-0.15, -0.1) is 0 Å². The Balaban J connectivity index is 2.06. The maximum Gasteiger partial charge on any atom is 0.0815 e. The molecule has 0 spiro atoms. The van der Waals surface area contributed by atoms with Gasteiger partial charge in [-0.25, -0.2) is 4.21 Å². The largest absolute Gasteiger partial charge is 0.311 e. The van der Waals surface area contributed by atoms with Gasteiger partial charge < -0.3 is 4.90 Å². The summed E-state index contributed by atoms with van der Waals surface area (Å²) in [6.07, 6.45) is 0.872. The molecule has 2 aliphatic rings. The number of hydrogen-bond acceptors (Lipinski definition) is 2. The fourth-order valence-electron chi connectivity index (χ4n) is 3.22. The highest BCUT2D eigenvalue weighted by molar-refractivity contribution is 7.88. The SMILES string of the molecule is Cc1cccc2c1N1C(=CS(=O)c3cccc(C)c31)C2. The summed E-state index contributed by atoms with van der Waals surface area (Å²) in [6, 6.07) is 12.5. The Morgan fingerprint density at radius 3 is 2.50 bits per heavy atom. The fourth-order valence-corrected chi connectivity index (χ4v) is 4.44. The third-order valence-corrected chi connectivity index (χ3v) is 5.34. The average molecular weight is 281 g/mol. The van der Waals surface area contributed by atoms with Crippen molar-refractivity contribution in [3.05, 3.63) is 64.2 Å². The van der Waals surface area contributed by atoms with Gasteiger partial charge in [-0.2, -0.15) is 0 Å². The van der Waals surface area contributed by atoms with E-state index >= 15 is 0 Å². The normalized spacial score (nSPS) is 19.2. The summed E-state index contributed by atoms with van der Waals surface area (Å²) >= 11 is 0. The summed E-state index contributed by atoms with van der Waals surface area (Å²) in [5.74, 6) is 0. The van der Waals surface area contributed by atoms with E-state index in [1.165, 1.54) is 22.4 Å². The minimum Gasteiger partial charge on any atom is -0.311 e. The first-order valence-electron chi connectivity index (χ1n) is 6.76. The van der Waals surface area contributed by atoms with Gasteiger partial charge in [-0.1, -0.05) is 30.3 Å². The zero-order valence-electron chi connectivity index (χ0n) is 11.5. The molecule has 100 valence electrons. The van der Waals surface area contributed by atoms with Gasteiger partial charge in [0.25, 0.3) is 0 Å². The maximum atomic E-state index is 12.4. The third-order valence-electron chi connectivity index (χ3n) is 4.09. The Hall–Kier alpha value is -1.87. The van der Waals surface area contributed by atoms with Gasteiger partial charge >= 0.3 is 0 Å². The molecule has 1 atom stereocenters. The lowest BCUT2D eigenvalue weighted by Crippen LogP contribution is -2.20. The second kappa shape index (κ2) is 4.06. The number of hydrogen-bond donors (Lipinski definition) is 0. The maximum absolute atomic E-state index is 12.4. The molecule has 0 fully saturated rings. The number of nitrogens with zero attached hydrogens (tertiary/aromatic N) is 1. The van der Waals surface area contributed by atoms with Crippen LogP contribution in [0.3, 0.4) is 0 Å². The third kappa shape index (κ3) is 1.47. The Bertz CT molecular complexity index is 792. The first-order valence-corrected chi connectivity index (χ1v) is 7.97. The van der Waals surface area contributed by atoms with Gasteiger partial charge in [0.15, 0.2) is 0 Å². The lowest BCUT2D eigenvalue weighted by molar-refractivity contribution is 0.687. The van der Waals surface area contributed by atoms with Crippen molar-refractivity contribution in [1.82, 2.24) is 0 Å². The van der Waals surface area contributed by atoms with Gasteiger partial charge in [0.1, 0.15) is 0 Å². The van der Waals surface area contributed by atoms with Crippen LogP contribution < -0.4 is 4.90 Å². The van der Waals surface area contributed by atoms with E-state index in [0.29, 0.717) is 0 Å². The zero-order chi connectivity index (χ0) is 13.9. The van der Waals surface area contributed by atoms with Crippen LogP contribution in [0.25, 0.3) is 0 Å². The van der Waals surface area contributed by atoms with Crippen LogP contribution in [0, 0.1) is 13.8 Å². The van der Waals surface area contributed by atoms with E-state index in [1.807, 2.05) is 17.5 Å². The topological polar surface area (TPSA) is 20.3 Å². The van der Waals surface area contributed by atoms with Crippen LogP contribution >= 0.6 is 0 Å². The lowest BCUT2D eigenvalue weighted by Gasteiger charge is -2.29. The van der Waals surface area contributed by atoms with Crippen molar-refractivity contribution < 1.29 is 4.21 Å². The summed E-state index contributed by atoms with van der Waals surface area (Å²) in [4.78, 5) is 3.22. The molecule has 0 radical (unpaired) electrons. The molecular formula is C17H15NOS. The van der Waals surface area contributed by atoms with Crippen LogP contribution in [0.4, 0.5) is 11.4 Å². The number of rotatable bonds is 0. The van der Waals surface area contributed by atoms with Crippen LogP contribution in [0.5, 0.6) is 0 Å². The van der Waals surface area contributed by atoms with Gasteiger partial charge in [-0.05, 0) is 36.6 Å². The van der Waals surface area contributed by atoms with Crippen LogP contribution in [0.1, 0.15) is 16.7 Å². The summed E-state index contributed by atoms with van der Waals surface area (Å²) < 4.78 is 12.4. The van der Waals surface area contributed by atoms with Crippen LogP contribution in [0.15, 0.2) is 52.4 Å². The molecule has 2 aromatic carbocycles. The van der Waals surface area contributed by atoms with E-state index in [1.54, 1.807) is 0 Å². The molecule has 2 heterocycles. The molecule has 0 aliphatic carbocycles. The molecule has 0 aromatic heterocycles. The van der Waals surface area contributed by atoms with Crippen molar-refractivity contribution in [2.45, 2.75) is 25.2 Å². The highest BCUT2D eigenvalue weighted by Crippen LogP contribution is 2.48. The molecule has 2 aliphatic heterocycles. The standard InChI is InChI=1S/C17H15NOS/c1-11-5-3-7-13-9-14-10-20(19)15-8-4-6-12(2)17(15)18(14)16(11)13/h3-8,10H,9H2,1-2H3. The Kier molecular flexibility index (Phi) is 2.42. The molecule has 0 N–H and O–H groups in total. The molecule has 2 aromatic rings. The smallest absolute Gasteiger partial charge is 0.0815 e. The Morgan fingerprint density at radius 2 is 1.70 bits per heavy atom. The van der Waals surface area contributed by atoms with Crippen molar-refractivity contribution in [2.24, 2.45) is 0 Å². The number of anilines is 2. The minimum absolute atomic E-state index is 0.872. The molecule has 1 unspecified atom stereocenters. The average Bonchev–Trinajstić information content (AvgIpc) is 2.78. The Morgan fingerprint density at radius 1 is 1.00 bits per heavy atom.